The maximum atomic E-state index is 4.75. The fourth-order valence-corrected chi connectivity index (χ4v) is 3.39. The molecule has 2 aliphatic heterocycles. The predicted molar refractivity (Wildman–Crippen MR) is 88.6 cm³/mol. The standard InChI is InChI=1S/C18H27N3/c1-4-15-6-8-16(9-7-15)14(3)20-18-19-11-17-10-5-13(2)12-21(17)18/h6-9,13-14,17H,4-5,10-12H2,1-3H3,(H,19,20). The number of guanidine groups is 1. The van der Waals surface area contributed by atoms with Crippen LogP contribution in [0.2, 0.25) is 0 Å². The first-order valence-electron chi connectivity index (χ1n) is 8.33. The summed E-state index contributed by atoms with van der Waals surface area (Å²) in [5, 5.41) is 3.63. The summed E-state index contributed by atoms with van der Waals surface area (Å²) < 4.78 is 0. The number of hydrogen-bond donors (Lipinski definition) is 1. The number of aryl methyl sites for hydroxylation is 1. The first kappa shape index (κ1) is 14.4. The van der Waals surface area contributed by atoms with Crippen molar-refractivity contribution < 1.29 is 0 Å². The van der Waals surface area contributed by atoms with Crippen molar-refractivity contribution in [1.82, 2.24) is 10.2 Å². The van der Waals surface area contributed by atoms with Gasteiger partial charge >= 0.3 is 0 Å². The highest BCUT2D eigenvalue weighted by atomic mass is 15.4. The minimum atomic E-state index is 0.311. The van der Waals surface area contributed by atoms with E-state index in [1.165, 1.54) is 24.0 Å². The molecule has 0 radical (unpaired) electrons. The fraction of sp³-hybridized carbons (Fsp3) is 0.611. The Morgan fingerprint density at radius 2 is 2.05 bits per heavy atom. The van der Waals surface area contributed by atoms with Crippen LogP contribution < -0.4 is 5.32 Å². The summed E-state index contributed by atoms with van der Waals surface area (Å²) in [5.74, 6) is 1.89. The Hall–Kier alpha value is -1.51. The number of nitrogens with one attached hydrogen (secondary N) is 1. The number of hydrogen-bond acceptors (Lipinski definition) is 3. The van der Waals surface area contributed by atoms with Gasteiger partial charge in [-0.2, -0.15) is 0 Å². The van der Waals surface area contributed by atoms with E-state index in [-0.39, 0.29) is 0 Å². The van der Waals surface area contributed by atoms with E-state index in [1.54, 1.807) is 0 Å². The fourth-order valence-electron chi connectivity index (χ4n) is 3.39. The second kappa shape index (κ2) is 6.08. The van der Waals surface area contributed by atoms with Gasteiger partial charge in [0, 0.05) is 6.54 Å². The van der Waals surface area contributed by atoms with Crippen LogP contribution in [0.5, 0.6) is 0 Å². The molecule has 1 N–H and O–H groups in total. The van der Waals surface area contributed by atoms with Gasteiger partial charge in [0.05, 0.1) is 18.6 Å². The molecule has 0 aromatic heterocycles. The van der Waals surface area contributed by atoms with Crippen LogP contribution in [0, 0.1) is 5.92 Å². The third-order valence-corrected chi connectivity index (χ3v) is 4.90. The lowest BCUT2D eigenvalue weighted by molar-refractivity contribution is 0.210. The number of piperidine rings is 1. The van der Waals surface area contributed by atoms with Crippen LogP contribution in [0.1, 0.15) is 50.8 Å². The van der Waals surface area contributed by atoms with Crippen molar-refractivity contribution in [3.8, 4) is 0 Å². The third kappa shape index (κ3) is 3.07. The van der Waals surface area contributed by atoms with Gasteiger partial charge < -0.3 is 10.2 Å². The van der Waals surface area contributed by atoms with Crippen molar-refractivity contribution in [2.45, 2.75) is 52.1 Å². The van der Waals surface area contributed by atoms with E-state index < -0.39 is 0 Å². The van der Waals surface area contributed by atoms with Crippen molar-refractivity contribution in [2.75, 3.05) is 13.1 Å². The highest BCUT2D eigenvalue weighted by molar-refractivity contribution is 5.82. The molecule has 3 rings (SSSR count). The number of rotatable bonds is 3. The van der Waals surface area contributed by atoms with Crippen LogP contribution in [0.3, 0.4) is 0 Å². The van der Waals surface area contributed by atoms with Gasteiger partial charge in [0.2, 0.25) is 0 Å². The lowest BCUT2D eigenvalue weighted by Gasteiger charge is -2.36. The molecule has 1 fully saturated rings. The first-order valence-corrected chi connectivity index (χ1v) is 8.33. The van der Waals surface area contributed by atoms with E-state index in [2.05, 4.69) is 55.3 Å². The van der Waals surface area contributed by atoms with E-state index in [4.69, 9.17) is 4.99 Å². The largest absolute Gasteiger partial charge is 0.350 e. The number of aliphatic imine (C=N–C) groups is 1. The highest BCUT2D eigenvalue weighted by Gasteiger charge is 2.33. The Morgan fingerprint density at radius 3 is 2.76 bits per heavy atom. The molecule has 0 saturated carbocycles. The molecule has 3 unspecified atom stereocenters. The zero-order valence-electron chi connectivity index (χ0n) is 13.5. The summed E-state index contributed by atoms with van der Waals surface area (Å²) in [4.78, 5) is 7.24. The Labute approximate surface area is 128 Å². The molecule has 3 heteroatoms. The molecular formula is C18H27N3. The highest BCUT2D eigenvalue weighted by Crippen LogP contribution is 2.26. The minimum absolute atomic E-state index is 0.311. The van der Waals surface area contributed by atoms with Crippen molar-refractivity contribution in [3.05, 3.63) is 35.4 Å². The lowest BCUT2D eigenvalue weighted by Crippen LogP contribution is -2.48. The molecule has 2 heterocycles. The summed E-state index contributed by atoms with van der Waals surface area (Å²) in [6.45, 7) is 8.89. The molecule has 1 aromatic rings. The lowest BCUT2D eigenvalue weighted by atomic mass is 9.95. The molecular weight excluding hydrogens is 258 g/mol. The smallest absolute Gasteiger partial charge is 0.194 e. The minimum Gasteiger partial charge on any atom is -0.350 e. The van der Waals surface area contributed by atoms with Gasteiger partial charge in [-0.25, -0.2) is 0 Å². The van der Waals surface area contributed by atoms with Crippen molar-refractivity contribution >= 4 is 5.96 Å². The Bertz CT molecular complexity index is 506. The monoisotopic (exact) mass is 285 g/mol. The van der Waals surface area contributed by atoms with E-state index in [0.29, 0.717) is 12.1 Å². The van der Waals surface area contributed by atoms with Gasteiger partial charge in [-0.05, 0) is 43.2 Å². The normalized spacial score (nSPS) is 26.2. The van der Waals surface area contributed by atoms with Gasteiger partial charge in [-0.3, -0.25) is 4.99 Å². The van der Waals surface area contributed by atoms with E-state index in [0.717, 1.165) is 31.4 Å². The van der Waals surface area contributed by atoms with Crippen LogP contribution in [-0.4, -0.2) is 30.0 Å². The van der Waals surface area contributed by atoms with E-state index >= 15 is 0 Å². The van der Waals surface area contributed by atoms with E-state index in [1.807, 2.05) is 0 Å². The third-order valence-electron chi connectivity index (χ3n) is 4.90. The zero-order chi connectivity index (χ0) is 14.8. The summed E-state index contributed by atoms with van der Waals surface area (Å²) in [5.41, 5.74) is 2.73. The van der Waals surface area contributed by atoms with Crippen molar-refractivity contribution in [1.29, 1.82) is 0 Å². The van der Waals surface area contributed by atoms with Gasteiger partial charge in [-0.15, -0.1) is 0 Å². The maximum Gasteiger partial charge on any atom is 0.194 e. The second-order valence-corrected chi connectivity index (χ2v) is 6.61. The van der Waals surface area contributed by atoms with Gasteiger partial charge in [0.1, 0.15) is 0 Å². The number of nitrogens with zero attached hydrogens (tertiary/aromatic N) is 2. The average Bonchev–Trinajstić information content (AvgIpc) is 2.89. The molecule has 0 aliphatic carbocycles. The number of benzene rings is 1. The van der Waals surface area contributed by atoms with Gasteiger partial charge in [0.25, 0.3) is 0 Å². The van der Waals surface area contributed by atoms with Crippen molar-refractivity contribution in [3.63, 3.8) is 0 Å². The van der Waals surface area contributed by atoms with Crippen LogP contribution in [-0.2, 0) is 6.42 Å². The quantitative estimate of drug-likeness (QED) is 0.922. The molecule has 0 bridgehead atoms. The Kier molecular flexibility index (Phi) is 4.18. The summed E-state index contributed by atoms with van der Waals surface area (Å²) in [6.07, 6.45) is 3.73. The average molecular weight is 285 g/mol. The molecule has 0 spiro atoms. The topological polar surface area (TPSA) is 27.6 Å². The van der Waals surface area contributed by atoms with Crippen LogP contribution in [0.4, 0.5) is 0 Å². The predicted octanol–water partition coefficient (Wildman–Crippen LogP) is 3.37. The summed E-state index contributed by atoms with van der Waals surface area (Å²) in [7, 11) is 0. The van der Waals surface area contributed by atoms with Crippen LogP contribution in [0.25, 0.3) is 0 Å². The molecule has 1 aromatic carbocycles. The zero-order valence-corrected chi connectivity index (χ0v) is 13.5. The summed E-state index contributed by atoms with van der Waals surface area (Å²) >= 11 is 0. The summed E-state index contributed by atoms with van der Waals surface area (Å²) in [6, 6.07) is 9.89. The van der Waals surface area contributed by atoms with E-state index in [9.17, 15) is 0 Å². The molecule has 1 saturated heterocycles. The Morgan fingerprint density at radius 1 is 1.29 bits per heavy atom. The molecule has 0 amide bonds. The van der Waals surface area contributed by atoms with Gasteiger partial charge in [0.15, 0.2) is 5.96 Å². The molecule has 3 nitrogen and oxygen atoms in total. The van der Waals surface area contributed by atoms with Crippen molar-refractivity contribution in [2.24, 2.45) is 10.9 Å². The van der Waals surface area contributed by atoms with Crippen LogP contribution >= 0.6 is 0 Å². The first-order chi connectivity index (χ1) is 10.2. The van der Waals surface area contributed by atoms with Gasteiger partial charge in [-0.1, -0.05) is 38.1 Å². The number of fused-ring (bicyclic) bond motifs is 1. The maximum absolute atomic E-state index is 4.75. The van der Waals surface area contributed by atoms with Crippen LogP contribution in [0.15, 0.2) is 29.3 Å². The molecule has 3 atom stereocenters. The second-order valence-electron chi connectivity index (χ2n) is 6.61. The Balaban J connectivity index is 1.65. The molecule has 114 valence electrons. The SMILES string of the molecule is CCc1ccc(C(C)NC2=NCC3CCC(C)CN23)cc1. The molecule has 21 heavy (non-hydrogen) atoms. The molecule has 2 aliphatic rings.